The lowest BCUT2D eigenvalue weighted by Crippen LogP contribution is -2.31. The van der Waals surface area contributed by atoms with Crippen molar-refractivity contribution in [2.75, 3.05) is 6.61 Å². The summed E-state index contributed by atoms with van der Waals surface area (Å²) in [5, 5.41) is 4.38. The lowest BCUT2D eigenvalue weighted by Gasteiger charge is -2.16. The third-order valence-electron chi connectivity index (χ3n) is 4.42. The Balaban J connectivity index is 1.69. The molecule has 1 heterocycles. The maximum Gasteiger partial charge on any atom is 0.336 e. The van der Waals surface area contributed by atoms with E-state index in [-0.39, 0.29) is 18.6 Å². The molecule has 0 aliphatic rings. The quantitative estimate of drug-likeness (QED) is 0.664. The molecule has 0 unspecified atom stereocenters. The number of rotatable bonds is 5. The van der Waals surface area contributed by atoms with Crippen molar-refractivity contribution in [3.05, 3.63) is 74.6 Å². The third kappa shape index (κ3) is 4.31. The molecular weight excluding hydrogens is 366 g/mol. The van der Waals surface area contributed by atoms with Crippen molar-refractivity contribution in [1.82, 2.24) is 5.32 Å². The van der Waals surface area contributed by atoms with Gasteiger partial charge in [0.25, 0.3) is 5.91 Å². The van der Waals surface area contributed by atoms with E-state index in [0.717, 1.165) is 16.5 Å². The van der Waals surface area contributed by atoms with Crippen LogP contribution in [0, 0.1) is 13.8 Å². The molecule has 0 aliphatic heterocycles. The lowest BCUT2D eigenvalue weighted by atomic mass is 10.1. The van der Waals surface area contributed by atoms with E-state index >= 15 is 0 Å². The van der Waals surface area contributed by atoms with Crippen molar-refractivity contribution in [2.45, 2.75) is 26.8 Å². The average Bonchev–Trinajstić information content (AvgIpc) is 2.62. The fourth-order valence-electron chi connectivity index (χ4n) is 2.92. The summed E-state index contributed by atoms with van der Waals surface area (Å²) < 4.78 is 11.0. The van der Waals surface area contributed by atoms with Crippen LogP contribution in [-0.4, -0.2) is 12.5 Å². The van der Waals surface area contributed by atoms with Crippen molar-refractivity contribution in [3.8, 4) is 5.75 Å². The summed E-state index contributed by atoms with van der Waals surface area (Å²) in [6, 6.07) is 12.2. The zero-order valence-corrected chi connectivity index (χ0v) is 16.1. The van der Waals surface area contributed by atoms with Gasteiger partial charge in [0.2, 0.25) is 0 Å². The minimum Gasteiger partial charge on any atom is -0.483 e. The Kier molecular flexibility index (Phi) is 5.51. The number of carbonyl (C=O) groups excluding carboxylic acids is 1. The Morgan fingerprint density at radius 3 is 2.59 bits per heavy atom. The average molecular weight is 386 g/mol. The van der Waals surface area contributed by atoms with Crippen LogP contribution in [0.5, 0.6) is 5.75 Å². The van der Waals surface area contributed by atoms with E-state index < -0.39 is 5.63 Å². The third-order valence-corrected chi connectivity index (χ3v) is 4.68. The molecule has 0 saturated carbocycles. The number of halogens is 1. The Labute approximate surface area is 161 Å². The van der Waals surface area contributed by atoms with Crippen molar-refractivity contribution < 1.29 is 13.9 Å². The van der Waals surface area contributed by atoms with Gasteiger partial charge >= 0.3 is 5.63 Å². The van der Waals surface area contributed by atoms with E-state index in [9.17, 15) is 9.59 Å². The van der Waals surface area contributed by atoms with Crippen molar-refractivity contribution in [3.63, 3.8) is 0 Å². The smallest absolute Gasteiger partial charge is 0.336 e. The molecule has 5 nitrogen and oxygen atoms in total. The van der Waals surface area contributed by atoms with Gasteiger partial charge in [-0.25, -0.2) is 4.79 Å². The predicted molar refractivity (Wildman–Crippen MR) is 105 cm³/mol. The molecule has 1 N–H and O–H groups in total. The van der Waals surface area contributed by atoms with Crippen molar-refractivity contribution >= 4 is 28.5 Å². The molecule has 1 aromatic heterocycles. The second-order valence-electron chi connectivity index (χ2n) is 6.44. The normalized spacial score (nSPS) is 12.0. The highest BCUT2D eigenvalue weighted by Gasteiger charge is 2.13. The predicted octanol–water partition coefficient (Wildman–Crippen LogP) is 4.32. The zero-order valence-electron chi connectivity index (χ0n) is 15.3. The largest absolute Gasteiger partial charge is 0.483 e. The first-order valence-electron chi connectivity index (χ1n) is 8.57. The number of hydrogen-bond donors (Lipinski definition) is 1. The van der Waals surface area contributed by atoms with E-state index in [2.05, 4.69) is 5.32 Å². The minimum atomic E-state index is -0.408. The van der Waals surface area contributed by atoms with Crippen LogP contribution in [0.2, 0.25) is 5.02 Å². The number of aryl methyl sites for hydroxylation is 2. The van der Waals surface area contributed by atoms with Crippen LogP contribution < -0.4 is 15.7 Å². The van der Waals surface area contributed by atoms with E-state index in [1.165, 1.54) is 6.07 Å². The highest BCUT2D eigenvalue weighted by atomic mass is 35.5. The van der Waals surface area contributed by atoms with Crippen molar-refractivity contribution in [2.24, 2.45) is 0 Å². The van der Waals surface area contributed by atoms with Crippen LogP contribution in [-0.2, 0) is 4.79 Å². The van der Waals surface area contributed by atoms with Gasteiger partial charge in [-0.05, 0) is 56.2 Å². The molecule has 0 saturated heterocycles. The van der Waals surface area contributed by atoms with Crippen LogP contribution in [0.3, 0.4) is 0 Å². The lowest BCUT2D eigenvalue weighted by molar-refractivity contribution is -0.123. The first-order valence-corrected chi connectivity index (χ1v) is 8.94. The molecule has 1 amide bonds. The summed E-state index contributed by atoms with van der Waals surface area (Å²) in [6.07, 6.45) is 0. The van der Waals surface area contributed by atoms with E-state index in [1.807, 2.05) is 32.0 Å². The van der Waals surface area contributed by atoms with E-state index in [1.54, 1.807) is 25.1 Å². The monoisotopic (exact) mass is 385 g/mol. The van der Waals surface area contributed by atoms with Gasteiger partial charge in [-0.1, -0.05) is 23.7 Å². The number of nitrogens with one attached hydrogen (secondary N) is 1. The zero-order chi connectivity index (χ0) is 19.6. The fraction of sp³-hybridized carbons (Fsp3) is 0.238. The summed E-state index contributed by atoms with van der Waals surface area (Å²) in [5.41, 5.74) is 2.55. The second kappa shape index (κ2) is 7.84. The Morgan fingerprint density at radius 2 is 1.89 bits per heavy atom. The summed E-state index contributed by atoms with van der Waals surface area (Å²) in [6.45, 7) is 5.40. The molecule has 140 valence electrons. The van der Waals surface area contributed by atoms with Gasteiger partial charge in [-0.15, -0.1) is 0 Å². The highest BCUT2D eigenvalue weighted by Crippen LogP contribution is 2.28. The minimum absolute atomic E-state index is 0.139. The maximum atomic E-state index is 12.2. The van der Waals surface area contributed by atoms with Crippen molar-refractivity contribution in [1.29, 1.82) is 0 Å². The van der Waals surface area contributed by atoms with Gasteiger partial charge in [0, 0.05) is 22.0 Å². The first-order chi connectivity index (χ1) is 12.8. The Bertz CT molecular complexity index is 1040. The highest BCUT2D eigenvalue weighted by molar-refractivity contribution is 6.30. The van der Waals surface area contributed by atoms with E-state index in [0.29, 0.717) is 21.9 Å². The summed E-state index contributed by atoms with van der Waals surface area (Å²) in [4.78, 5) is 23.8. The standard InChI is InChI=1S/C21H20ClNO4/c1-12-10-20(25)27-21-13(2)18(9-8-17(12)21)26-11-19(24)23-14(3)15-4-6-16(22)7-5-15/h4-10,14H,11H2,1-3H3,(H,23,24)/t14-/m0/s1. The van der Waals surface area contributed by atoms with Crippen LogP contribution >= 0.6 is 11.6 Å². The van der Waals surface area contributed by atoms with Gasteiger partial charge in [0.15, 0.2) is 6.61 Å². The number of amides is 1. The van der Waals surface area contributed by atoms with Crippen LogP contribution in [0.4, 0.5) is 0 Å². The van der Waals surface area contributed by atoms with Gasteiger partial charge in [-0.2, -0.15) is 0 Å². The molecule has 27 heavy (non-hydrogen) atoms. The SMILES string of the molecule is Cc1cc(=O)oc2c(C)c(OCC(=O)N[C@@H](C)c3ccc(Cl)cc3)ccc12. The van der Waals surface area contributed by atoms with Gasteiger partial charge in [-0.3, -0.25) is 4.79 Å². The molecule has 2 aromatic carbocycles. The molecule has 1 atom stereocenters. The van der Waals surface area contributed by atoms with E-state index in [4.69, 9.17) is 20.8 Å². The molecule has 0 aliphatic carbocycles. The fourth-order valence-corrected chi connectivity index (χ4v) is 3.04. The van der Waals surface area contributed by atoms with Crippen LogP contribution in [0.25, 0.3) is 11.0 Å². The molecule has 3 aromatic rings. The summed E-state index contributed by atoms with van der Waals surface area (Å²) in [7, 11) is 0. The molecule has 0 fully saturated rings. The number of benzene rings is 2. The number of ether oxygens (including phenoxy) is 1. The second-order valence-corrected chi connectivity index (χ2v) is 6.88. The van der Waals surface area contributed by atoms with Gasteiger partial charge in [0.05, 0.1) is 6.04 Å². The maximum absolute atomic E-state index is 12.2. The molecule has 0 spiro atoms. The summed E-state index contributed by atoms with van der Waals surface area (Å²) >= 11 is 5.88. The molecule has 3 rings (SSSR count). The first kappa shape index (κ1) is 19.0. The number of fused-ring (bicyclic) bond motifs is 1. The Hall–Kier alpha value is -2.79. The van der Waals surface area contributed by atoms with Crippen LogP contribution in [0.1, 0.15) is 29.7 Å². The Morgan fingerprint density at radius 1 is 1.19 bits per heavy atom. The van der Waals surface area contributed by atoms with Crippen LogP contribution in [0.15, 0.2) is 51.7 Å². The number of hydrogen-bond acceptors (Lipinski definition) is 4. The molecular formula is C21H20ClNO4. The summed E-state index contributed by atoms with van der Waals surface area (Å²) in [5.74, 6) is 0.258. The van der Waals surface area contributed by atoms with Gasteiger partial charge < -0.3 is 14.5 Å². The molecule has 6 heteroatoms. The topological polar surface area (TPSA) is 68.5 Å². The number of carbonyl (C=O) groups is 1. The van der Waals surface area contributed by atoms with Gasteiger partial charge in [0.1, 0.15) is 11.3 Å². The molecule has 0 bridgehead atoms. The molecule has 0 radical (unpaired) electrons.